The number of ether oxygens (including phenoxy) is 2. The number of hydrogen-bond acceptors (Lipinski definition) is 3. The Bertz CT molecular complexity index is 286. The molecule has 0 saturated heterocycles. The summed E-state index contributed by atoms with van der Waals surface area (Å²) in [6, 6.07) is 7.69. The van der Waals surface area contributed by atoms with E-state index in [0.29, 0.717) is 19.6 Å². The summed E-state index contributed by atoms with van der Waals surface area (Å²) in [6.45, 7) is 2.78. The highest BCUT2D eigenvalue weighted by molar-refractivity contribution is 5.32. The third kappa shape index (κ3) is 3.90. The molecule has 0 aromatic heterocycles. The number of benzene rings is 1. The summed E-state index contributed by atoms with van der Waals surface area (Å²) in [7, 11) is 1.65. The molecule has 1 atom stereocenters. The monoisotopic (exact) mass is 210 g/mol. The van der Waals surface area contributed by atoms with Crippen LogP contribution < -0.4 is 4.74 Å². The smallest absolute Gasteiger partial charge is 0.124 e. The van der Waals surface area contributed by atoms with Crippen molar-refractivity contribution in [3.05, 3.63) is 29.8 Å². The predicted molar refractivity (Wildman–Crippen MR) is 58.9 cm³/mol. The van der Waals surface area contributed by atoms with Crippen LogP contribution in [-0.2, 0) is 11.3 Å². The molecule has 0 amide bonds. The molecule has 0 aliphatic carbocycles. The summed E-state index contributed by atoms with van der Waals surface area (Å²) in [5, 5.41) is 9.38. The van der Waals surface area contributed by atoms with Crippen molar-refractivity contribution in [2.45, 2.75) is 26.1 Å². The van der Waals surface area contributed by atoms with Gasteiger partial charge < -0.3 is 14.6 Å². The van der Waals surface area contributed by atoms with Crippen molar-refractivity contribution in [3.8, 4) is 5.75 Å². The lowest BCUT2D eigenvalue weighted by Gasteiger charge is -2.13. The first kappa shape index (κ1) is 12.0. The Morgan fingerprint density at radius 2 is 2.07 bits per heavy atom. The molecular weight excluding hydrogens is 192 g/mol. The molecule has 0 radical (unpaired) electrons. The van der Waals surface area contributed by atoms with Crippen LogP contribution in [0.4, 0.5) is 0 Å². The Morgan fingerprint density at radius 3 is 2.73 bits per heavy atom. The lowest BCUT2D eigenvalue weighted by molar-refractivity contribution is 0.102. The maximum atomic E-state index is 9.38. The number of aliphatic hydroxyl groups excluding tert-OH is 1. The molecule has 0 bridgehead atoms. The highest BCUT2D eigenvalue weighted by Gasteiger charge is 2.05. The topological polar surface area (TPSA) is 38.7 Å². The second-order valence-corrected chi connectivity index (χ2v) is 3.41. The largest absolute Gasteiger partial charge is 0.491 e. The molecule has 1 aromatic carbocycles. The molecule has 1 rings (SSSR count). The van der Waals surface area contributed by atoms with Gasteiger partial charge in [0.15, 0.2) is 0 Å². The van der Waals surface area contributed by atoms with E-state index in [0.717, 1.165) is 11.3 Å². The van der Waals surface area contributed by atoms with Gasteiger partial charge in [0, 0.05) is 12.7 Å². The molecule has 0 spiro atoms. The lowest BCUT2D eigenvalue weighted by Crippen LogP contribution is -2.16. The van der Waals surface area contributed by atoms with Crippen LogP contribution in [0, 0.1) is 0 Å². The van der Waals surface area contributed by atoms with Crippen molar-refractivity contribution in [1.29, 1.82) is 0 Å². The molecule has 0 fully saturated rings. The van der Waals surface area contributed by atoms with E-state index in [2.05, 4.69) is 0 Å². The third-order valence-electron chi connectivity index (χ3n) is 2.17. The van der Waals surface area contributed by atoms with Crippen LogP contribution in [0.1, 0.15) is 18.9 Å². The van der Waals surface area contributed by atoms with E-state index in [9.17, 15) is 5.11 Å². The average molecular weight is 210 g/mol. The van der Waals surface area contributed by atoms with Gasteiger partial charge in [0.25, 0.3) is 0 Å². The van der Waals surface area contributed by atoms with Crippen LogP contribution in [0.2, 0.25) is 0 Å². The van der Waals surface area contributed by atoms with Crippen molar-refractivity contribution in [2.75, 3.05) is 13.7 Å². The first-order valence-electron chi connectivity index (χ1n) is 5.15. The molecule has 0 saturated carbocycles. The number of para-hydroxylation sites is 1. The first-order valence-corrected chi connectivity index (χ1v) is 5.15. The summed E-state index contributed by atoms with van der Waals surface area (Å²) in [5.74, 6) is 0.784. The number of methoxy groups -OCH3 is 1. The van der Waals surface area contributed by atoms with E-state index in [1.165, 1.54) is 0 Å². The predicted octanol–water partition coefficient (Wildman–Crippen LogP) is 1.98. The van der Waals surface area contributed by atoms with Gasteiger partial charge in [-0.25, -0.2) is 0 Å². The number of hydrogen-bond donors (Lipinski definition) is 1. The standard InChI is InChI=1S/C12H18O3/c1-3-11(13)9-15-12-7-5-4-6-10(12)8-14-2/h4-7,11,13H,3,8-9H2,1-2H3/t11-/m0/s1. The number of aliphatic hydroxyl groups is 1. The molecule has 84 valence electrons. The normalized spacial score (nSPS) is 12.5. The first-order chi connectivity index (χ1) is 7.27. The van der Waals surface area contributed by atoms with Gasteiger partial charge in [-0.3, -0.25) is 0 Å². The molecule has 0 aliphatic heterocycles. The Balaban J connectivity index is 2.58. The summed E-state index contributed by atoms with van der Waals surface area (Å²) in [6.07, 6.45) is 0.299. The van der Waals surface area contributed by atoms with Gasteiger partial charge >= 0.3 is 0 Å². The molecular formula is C12H18O3. The second-order valence-electron chi connectivity index (χ2n) is 3.41. The minimum absolute atomic E-state index is 0.331. The fourth-order valence-corrected chi connectivity index (χ4v) is 1.22. The van der Waals surface area contributed by atoms with Gasteiger partial charge in [-0.15, -0.1) is 0 Å². The Kier molecular flexibility index (Phi) is 5.15. The van der Waals surface area contributed by atoms with Gasteiger partial charge in [-0.05, 0) is 12.5 Å². The summed E-state index contributed by atoms with van der Waals surface area (Å²) >= 11 is 0. The molecule has 1 N–H and O–H groups in total. The van der Waals surface area contributed by atoms with Crippen LogP contribution in [0.25, 0.3) is 0 Å². The van der Waals surface area contributed by atoms with Crippen LogP contribution in [0.3, 0.4) is 0 Å². The van der Waals surface area contributed by atoms with Crippen LogP contribution in [-0.4, -0.2) is 24.9 Å². The fraction of sp³-hybridized carbons (Fsp3) is 0.500. The zero-order valence-corrected chi connectivity index (χ0v) is 9.27. The number of rotatable bonds is 6. The van der Waals surface area contributed by atoms with Crippen LogP contribution in [0.15, 0.2) is 24.3 Å². The quantitative estimate of drug-likeness (QED) is 0.780. The maximum absolute atomic E-state index is 9.38. The van der Waals surface area contributed by atoms with Gasteiger partial charge in [0.05, 0.1) is 12.7 Å². The third-order valence-corrected chi connectivity index (χ3v) is 2.17. The Labute approximate surface area is 90.6 Å². The molecule has 3 heteroatoms. The maximum Gasteiger partial charge on any atom is 0.124 e. The van der Waals surface area contributed by atoms with Gasteiger partial charge in [0.2, 0.25) is 0 Å². The van der Waals surface area contributed by atoms with Crippen molar-refractivity contribution in [1.82, 2.24) is 0 Å². The van der Waals surface area contributed by atoms with E-state index in [1.54, 1.807) is 7.11 Å². The van der Waals surface area contributed by atoms with E-state index >= 15 is 0 Å². The van der Waals surface area contributed by atoms with Crippen molar-refractivity contribution in [2.24, 2.45) is 0 Å². The molecule has 0 unspecified atom stereocenters. The summed E-state index contributed by atoms with van der Waals surface area (Å²) < 4.78 is 10.6. The summed E-state index contributed by atoms with van der Waals surface area (Å²) in [5.41, 5.74) is 1.00. The average Bonchev–Trinajstić information content (AvgIpc) is 2.28. The Morgan fingerprint density at radius 1 is 1.33 bits per heavy atom. The zero-order valence-electron chi connectivity index (χ0n) is 9.27. The van der Waals surface area contributed by atoms with E-state index < -0.39 is 6.10 Å². The molecule has 3 nitrogen and oxygen atoms in total. The molecule has 15 heavy (non-hydrogen) atoms. The van der Waals surface area contributed by atoms with Gasteiger partial charge in [-0.1, -0.05) is 25.1 Å². The zero-order chi connectivity index (χ0) is 11.1. The molecule has 0 heterocycles. The van der Waals surface area contributed by atoms with E-state index in [-0.39, 0.29) is 0 Å². The van der Waals surface area contributed by atoms with Crippen LogP contribution >= 0.6 is 0 Å². The minimum atomic E-state index is -0.402. The fourth-order valence-electron chi connectivity index (χ4n) is 1.22. The highest BCUT2D eigenvalue weighted by atomic mass is 16.5. The summed E-state index contributed by atoms with van der Waals surface area (Å²) in [4.78, 5) is 0. The van der Waals surface area contributed by atoms with Gasteiger partial charge in [0.1, 0.15) is 12.4 Å². The lowest BCUT2D eigenvalue weighted by atomic mass is 10.2. The SMILES string of the molecule is CC[C@H](O)COc1ccccc1COC. The highest BCUT2D eigenvalue weighted by Crippen LogP contribution is 2.18. The van der Waals surface area contributed by atoms with Crippen LogP contribution in [0.5, 0.6) is 5.75 Å². The van der Waals surface area contributed by atoms with Gasteiger partial charge in [-0.2, -0.15) is 0 Å². The Hall–Kier alpha value is -1.06. The van der Waals surface area contributed by atoms with Crippen molar-refractivity contribution in [3.63, 3.8) is 0 Å². The van der Waals surface area contributed by atoms with E-state index in [1.807, 2.05) is 31.2 Å². The second kappa shape index (κ2) is 6.43. The van der Waals surface area contributed by atoms with Crippen molar-refractivity contribution < 1.29 is 14.6 Å². The molecule has 0 aliphatic rings. The molecule has 1 aromatic rings. The van der Waals surface area contributed by atoms with Crippen molar-refractivity contribution >= 4 is 0 Å². The minimum Gasteiger partial charge on any atom is -0.491 e. The van der Waals surface area contributed by atoms with E-state index in [4.69, 9.17) is 9.47 Å².